The molecule has 0 fully saturated rings. The Morgan fingerprint density at radius 3 is 2.47 bits per heavy atom. The van der Waals surface area contributed by atoms with E-state index >= 15 is 0 Å². The number of rotatable bonds is 5. The number of esters is 1. The predicted molar refractivity (Wildman–Crippen MR) is 116 cm³/mol. The minimum Gasteiger partial charge on any atom is -0.462 e. The largest absolute Gasteiger partial charge is 0.462 e. The number of nitrogens with zero attached hydrogens (tertiary/aromatic N) is 2. The van der Waals surface area contributed by atoms with Crippen molar-refractivity contribution in [3.05, 3.63) is 93.9 Å². The fourth-order valence-electron chi connectivity index (χ4n) is 3.21. The molecule has 0 spiro atoms. The number of halogens is 2. The molecule has 30 heavy (non-hydrogen) atoms. The lowest BCUT2D eigenvalue weighted by atomic mass is 10.1. The molecule has 0 aliphatic rings. The lowest BCUT2D eigenvalue weighted by molar-refractivity contribution is 0.0529. The molecule has 0 unspecified atom stereocenters. The Bertz CT molecular complexity index is 1260. The summed E-state index contributed by atoms with van der Waals surface area (Å²) in [7, 11) is 0. The molecule has 0 N–H and O–H groups in total. The second-order valence-electron chi connectivity index (χ2n) is 6.51. The minimum atomic E-state index is -0.513. The molecule has 4 rings (SSSR count). The van der Waals surface area contributed by atoms with Crippen molar-refractivity contribution in [3.63, 3.8) is 0 Å². The molecule has 0 aliphatic carbocycles. The van der Waals surface area contributed by atoms with Gasteiger partial charge in [-0.1, -0.05) is 41.4 Å². The highest BCUT2D eigenvalue weighted by atomic mass is 35.5. The number of hydrogen-bond donors (Lipinski definition) is 0. The van der Waals surface area contributed by atoms with Gasteiger partial charge in [-0.3, -0.25) is 9.20 Å². The number of carbonyl (C=O) groups is 2. The summed E-state index contributed by atoms with van der Waals surface area (Å²) < 4.78 is 6.78. The Labute approximate surface area is 182 Å². The fraction of sp³-hybridized carbons (Fsp3) is 0.0870. The summed E-state index contributed by atoms with van der Waals surface area (Å²) in [5, 5.41) is 1.07. The molecule has 0 amide bonds. The van der Waals surface area contributed by atoms with Gasteiger partial charge >= 0.3 is 5.97 Å². The minimum absolute atomic E-state index is 0.221. The first kappa shape index (κ1) is 20.1. The quantitative estimate of drug-likeness (QED) is 0.295. The van der Waals surface area contributed by atoms with Gasteiger partial charge in [-0.05, 0) is 49.4 Å². The first-order valence-corrected chi connectivity index (χ1v) is 9.98. The van der Waals surface area contributed by atoms with Crippen molar-refractivity contribution in [3.8, 4) is 11.3 Å². The van der Waals surface area contributed by atoms with Crippen molar-refractivity contribution in [1.82, 2.24) is 9.38 Å². The predicted octanol–water partition coefficient (Wildman–Crippen LogP) is 5.72. The van der Waals surface area contributed by atoms with Crippen LogP contribution in [0.3, 0.4) is 0 Å². The zero-order chi connectivity index (χ0) is 21.3. The van der Waals surface area contributed by atoms with Crippen molar-refractivity contribution in [2.75, 3.05) is 6.61 Å². The van der Waals surface area contributed by atoms with E-state index in [1.165, 1.54) is 12.4 Å². The van der Waals surface area contributed by atoms with Crippen LogP contribution in [0, 0.1) is 0 Å². The highest BCUT2D eigenvalue weighted by Gasteiger charge is 2.22. The van der Waals surface area contributed by atoms with Gasteiger partial charge in [0.1, 0.15) is 6.33 Å². The number of aromatic nitrogens is 2. The molecule has 0 saturated carbocycles. The highest BCUT2D eigenvalue weighted by molar-refractivity contribution is 6.33. The van der Waals surface area contributed by atoms with E-state index in [-0.39, 0.29) is 18.0 Å². The Morgan fingerprint density at radius 2 is 1.77 bits per heavy atom. The van der Waals surface area contributed by atoms with Crippen LogP contribution >= 0.6 is 23.2 Å². The summed E-state index contributed by atoms with van der Waals surface area (Å²) in [6.07, 6.45) is 1.51. The average molecular weight is 439 g/mol. The van der Waals surface area contributed by atoms with E-state index in [9.17, 15) is 9.59 Å². The second kappa shape index (κ2) is 8.30. The number of fused-ring (bicyclic) bond motifs is 1. The highest BCUT2D eigenvalue weighted by Crippen LogP contribution is 2.29. The zero-order valence-corrected chi connectivity index (χ0v) is 17.4. The van der Waals surface area contributed by atoms with Crippen LogP contribution in [0.1, 0.15) is 33.3 Å². The number of benzene rings is 2. The van der Waals surface area contributed by atoms with Crippen molar-refractivity contribution in [2.24, 2.45) is 0 Å². The van der Waals surface area contributed by atoms with Crippen LogP contribution in [0.15, 0.2) is 67.0 Å². The van der Waals surface area contributed by atoms with Gasteiger partial charge in [-0.2, -0.15) is 0 Å². The average Bonchev–Trinajstić information content (AvgIpc) is 3.13. The van der Waals surface area contributed by atoms with E-state index in [2.05, 4.69) is 4.98 Å². The standard InChI is InChI=1S/C23H16Cl2N2O3/c1-2-30-23(29)17-11-21(22(28)14-7-9-15(24)10-8-14)27-13-26-19(12-20(17)27)16-5-3-4-6-18(16)25/h3-13H,2H2,1H3. The number of carbonyl (C=O) groups excluding carboxylic acids is 2. The van der Waals surface area contributed by atoms with E-state index in [1.54, 1.807) is 47.7 Å². The van der Waals surface area contributed by atoms with E-state index in [0.717, 1.165) is 5.56 Å². The van der Waals surface area contributed by atoms with Crippen molar-refractivity contribution in [1.29, 1.82) is 0 Å². The van der Waals surface area contributed by atoms with Gasteiger partial charge in [0.2, 0.25) is 5.78 Å². The maximum atomic E-state index is 13.1. The molecule has 0 bridgehead atoms. The van der Waals surface area contributed by atoms with Crippen LogP contribution in [-0.4, -0.2) is 27.7 Å². The lowest BCUT2D eigenvalue weighted by Gasteiger charge is -2.07. The molecule has 7 heteroatoms. The van der Waals surface area contributed by atoms with Crippen molar-refractivity contribution < 1.29 is 14.3 Å². The molecule has 2 heterocycles. The van der Waals surface area contributed by atoms with Crippen LogP contribution in [0.4, 0.5) is 0 Å². The van der Waals surface area contributed by atoms with Crippen LogP contribution in [-0.2, 0) is 4.74 Å². The smallest absolute Gasteiger partial charge is 0.340 e. The van der Waals surface area contributed by atoms with Gasteiger partial charge in [0.05, 0.1) is 29.1 Å². The topological polar surface area (TPSA) is 60.7 Å². The molecule has 0 atom stereocenters. The third kappa shape index (κ3) is 3.70. The van der Waals surface area contributed by atoms with E-state index in [1.807, 2.05) is 18.2 Å². The molecular weight excluding hydrogens is 423 g/mol. The maximum absolute atomic E-state index is 13.1. The van der Waals surface area contributed by atoms with Gasteiger partial charge < -0.3 is 4.74 Å². The first-order valence-electron chi connectivity index (χ1n) is 9.23. The number of ether oxygens (including phenoxy) is 1. The van der Waals surface area contributed by atoms with E-state index in [0.29, 0.717) is 32.5 Å². The molecule has 4 aromatic rings. The molecule has 0 saturated heterocycles. The summed E-state index contributed by atoms with van der Waals surface area (Å²) >= 11 is 12.2. The molecule has 0 radical (unpaired) electrons. The van der Waals surface area contributed by atoms with Gasteiger partial charge in [0.15, 0.2) is 0 Å². The molecular formula is C23H16Cl2N2O3. The Morgan fingerprint density at radius 1 is 1.03 bits per heavy atom. The summed E-state index contributed by atoms with van der Waals surface area (Å²) in [5.41, 5.74) is 2.85. The second-order valence-corrected chi connectivity index (χ2v) is 7.35. The number of ketones is 1. The lowest BCUT2D eigenvalue weighted by Crippen LogP contribution is -2.05. The van der Waals surface area contributed by atoms with E-state index < -0.39 is 5.97 Å². The normalized spacial score (nSPS) is 10.9. The van der Waals surface area contributed by atoms with Crippen LogP contribution in [0.2, 0.25) is 10.0 Å². The van der Waals surface area contributed by atoms with Crippen molar-refractivity contribution in [2.45, 2.75) is 6.92 Å². The summed E-state index contributed by atoms with van der Waals surface area (Å²) in [6, 6.07) is 17.1. The summed E-state index contributed by atoms with van der Waals surface area (Å²) in [5.74, 6) is -0.772. The van der Waals surface area contributed by atoms with Crippen LogP contribution in [0.25, 0.3) is 16.8 Å². The summed E-state index contributed by atoms with van der Waals surface area (Å²) in [6.45, 7) is 1.95. The maximum Gasteiger partial charge on any atom is 0.340 e. The third-order valence-electron chi connectivity index (χ3n) is 4.65. The van der Waals surface area contributed by atoms with Gasteiger partial charge in [0.25, 0.3) is 0 Å². The number of hydrogen-bond acceptors (Lipinski definition) is 4. The van der Waals surface area contributed by atoms with Gasteiger partial charge in [-0.15, -0.1) is 0 Å². The van der Waals surface area contributed by atoms with E-state index in [4.69, 9.17) is 27.9 Å². The fourth-order valence-corrected chi connectivity index (χ4v) is 3.57. The van der Waals surface area contributed by atoms with Gasteiger partial charge in [-0.25, -0.2) is 9.78 Å². The zero-order valence-electron chi connectivity index (χ0n) is 15.9. The Hall–Kier alpha value is -3.15. The third-order valence-corrected chi connectivity index (χ3v) is 5.23. The van der Waals surface area contributed by atoms with Crippen molar-refractivity contribution >= 4 is 40.5 Å². The molecule has 2 aromatic carbocycles. The molecule has 2 aromatic heterocycles. The van der Waals surface area contributed by atoms with Crippen LogP contribution in [0.5, 0.6) is 0 Å². The Balaban J connectivity index is 1.90. The molecule has 0 aliphatic heterocycles. The Kier molecular flexibility index (Phi) is 5.57. The molecule has 150 valence electrons. The van der Waals surface area contributed by atoms with Crippen LogP contribution < -0.4 is 0 Å². The molecule has 5 nitrogen and oxygen atoms in total. The van der Waals surface area contributed by atoms with Gasteiger partial charge in [0, 0.05) is 21.2 Å². The monoisotopic (exact) mass is 438 g/mol. The first-order chi connectivity index (χ1) is 14.5. The summed E-state index contributed by atoms with van der Waals surface area (Å²) in [4.78, 5) is 30.1. The SMILES string of the molecule is CCOC(=O)c1cc(C(=O)c2ccc(Cl)cc2)n2cnc(-c3ccccc3Cl)cc12.